The number of carboxylic acids is 3. The lowest BCUT2D eigenvalue weighted by atomic mass is 10.0. The molecular formula is C67H92N18O21. The number of nitrogens with one attached hydrogen (secondary N) is 13. The molecule has 4 aromatic rings. The van der Waals surface area contributed by atoms with Crippen molar-refractivity contribution in [3.63, 3.8) is 0 Å². The highest BCUT2D eigenvalue weighted by Crippen LogP contribution is 2.21. The Bertz CT molecular complexity index is 3710. The quantitative estimate of drug-likeness (QED) is 0.0196. The predicted octanol–water partition coefficient (Wildman–Crippen LogP) is -6.19. The summed E-state index contributed by atoms with van der Waals surface area (Å²) >= 11 is 0. The molecule has 13 amide bonds. The third kappa shape index (κ3) is 27.5. The van der Waals surface area contributed by atoms with Crippen LogP contribution in [0.15, 0.2) is 85.7 Å². The van der Waals surface area contributed by atoms with Gasteiger partial charge in [0.05, 0.1) is 43.9 Å². The Hall–Kier alpha value is -11.7. The van der Waals surface area contributed by atoms with Crippen LogP contribution in [0.4, 0.5) is 0 Å². The molecule has 0 bridgehead atoms. The second-order valence-electron chi connectivity index (χ2n) is 25.7. The van der Waals surface area contributed by atoms with Gasteiger partial charge in [0.25, 0.3) is 0 Å². The zero-order valence-corrected chi connectivity index (χ0v) is 58.7. The number of nitrogens with two attached hydrogens (primary N) is 2. The number of nitrogens with zero attached hydrogens (tertiary/aromatic N) is 3. The van der Waals surface area contributed by atoms with Crippen LogP contribution >= 0.6 is 0 Å². The Morgan fingerprint density at radius 3 is 1.41 bits per heavy atom. The summed E-state index contributed by atoms with van der Waals surface area (Å²) < 4.78 is 0. The zero-order chi connectivity index (χ0) is 78.5. The number of aliphatic hydroxyl groups excluding tert-OH is 2. The van der Waals surface area contributed by atoms with Crippen LogP contribution in [0.3, 0.4) is 0 Å². The van der Waals surface area contributed by atoms with Crippen molar-refractivity contribution in [3.05, 3.63) is 108 Å². The summed E-state index contributed by atoms with van der Waals surface area (Å²) in [5.74, 6) is -18.5. The van der Waals surface area contributed by atoms with Crippen molar-refractivity contribution in [2.45, 2.75) is 190 Å². The van der Waals surface area contributed by atoms with E-state index < -0.39 is 218 Å². The van der Waals surface area contributed by atoms with Crippen molar-refractivity contribution in [3.8, 4) is 0 Å². The number of aliphatic carboxylic acids is 3. The van der Waals surface area contributed by atoms with Gasteiger partial charge in [0.2, 0.25) is 76.8 Å². The smallest absolute Gasteiger partial charge is 0.325 e. The van der Waals surface area contributed by atoms with Crippen LogP contribution in [-0.2, 0) is 102 Å². The Kier molecular flexibility index (Phi) is 33.3. The van der Waals surface area contributed by atoms with Crippen molar-refractivity contribution < 1.29 is 102 Å². The van der Waals surface area contributed by atoms with E-state index in [9.17, 15) is 102 Å². The van der Waals surface area contributed by atoms with Crippen LogP contribution in [0, 0.1) is 5.92 Å². The number of likely N-dealkylation sites (tertiary alicyclic amines) is 1. The lowest BCUT2D eigenvalue weighted by Gasteiger charge is -2.32. The zero-order valence-electron chi connectivity index (χ0n) is 58.7. The molecule has 22 N–H and O–H groups in total. The van der Waals surface area contributed by atoms with E-state index in [1.165, 1.54) is 32.0 Å². The molecule has 576 valence electrons. The lowest BCUT2D eigenvalue weighted by molar-refractivity contribution is -0.145. The minimum Gasteiger partial charge on any atom is -0.481 e. The summed E-state index contributed by atoms with van der Waals surface area (Å²) in [4.78, 5) is 230. The van der Waals surface area contributed by atoms with Crippen LogP contribution in [0.1, 0.15) is 102 Å². The third-order valence-electron chi connectivity index (χ3n) is 16.8. The fourth-order valence-corrected chi connectivity index (χ4v) is 10.9. The van der Waals surface area contributed by atoms with Gasteiger partial charge in [0, 0.05) is 68.9 Å². The summed E-state index contributed by atoms with van der Waals surface area (Å²) in [6, 6.07) is -2.87. The van der Waals surface area contributed by atoms with Crippen molar-refractivity contribution in [2.24, 2.45) is 17.4 Å². The molecule has 39 nitrogen and oxygen atoms in total. The first-order valence-corrected chi connectivity index (χ1v) is 33.8. The van der Waals surface area contributed by atoms with E-state index in [-0.39, 0.29) is 56.7 Å². The molecule has 0 aliphatic carbocycles. The molecular weight excluding hydrogens is 1390 g/mol. The van der Waals surface area contributed by atoms with Crippen LogP contribution in [0.25, 0.3) is 0 Å². The highest BCUT2D eigenvalue weighted by atomic mass is 16.4. The number of hydrogen-bond acceptors (Lipinski definition) is 21. The number of benzene rings is 2. The van der Waals surface area contributed by atoms with Gasteiger partial charge in [-0.3, -0.25) is 76.7 Å². The maximum absolute atomic E-state index is 14.5. The SMILES string of the molecule is CC(C)[C@H](N)C(=O)N[C@@H](Cc1cnc[nH]1)C(=O)N[C@@H](Cc1ccccc1)C(=O)N[C@H](C(=O)N1CCC[C@H]1C(=O)N[C@H](C(=O)N[C@@H](CCC(=O)O)C(=O)NCC(=O)N[C@@H](CC(=O)O)C(=O)N[C@@H](Cc1ccccc1)C(=O)N[C@@H](Cc1cnc[nH]1)C(=O)N[C@@H](CCC(N)=O)C(=O)N[C@@H](C)C(=O)O)[C@@H](C)O)[C@@H](C)O. The molecule has 1 saturated heterocycles. The number of imidazole rings is 2. The second kappa shape index (κ2) is 41.5. The summed E-state index contributed by atoms with van der Waals surface area (Å²) in [6.45, 7) is 5.57. The molecule has 0 radical (unpaired) electrons. The van der Waals surface area contributed by atoms with Gasteiger partial charge in [-0.25, -0.2) is 9.97 Å². The van der Waals surface area contributed by atoms with E-state index in [1.54, 1.807) is 74.5 Å². The summed E-state index contributed by atoms with van der Waals surface area (Å²) in [5.41, 5.74) is 13.1. The number of aromatic nitrogens is 4. The average molecular weight is 1490 g/mol. The topological polar surface area (TPSA) is 619 Å². The molecule has 39 heteroatoms. The lowest BCUT2D eigenvalue weighted by Crippen LogP contribution is -2.62. The summed E-state index contributed by atoms with van der Waals surface area (Å²) in [7, 11) is 0. The van der Waals surface area contributed by atoms with Gasteiger partial charge in [-0.05, 0) is 63.5 Å². The first kappa shape index (κ1) is 84.9. The predicted molar refractivity (Wildman–Crippen MR) is 369 cm³/mol. The highest BCUT2D eigenvalue weighted by molar-refractivity contribution is 6.00. The Morgan fingerprint density at radius 1 is 0.509 bits per heavy atom. The number of H-pyrrole nitrogens is 2. The number of rotatable bonds is 43. The number of primary amides is 1. The fourth-order valence-electron chi connectivity index (χ4n) is 10.9. The highest BCUT2D eigenvalue weighted by Gasteiger charge is 2.43. The largest absolute Gasteiger partial charge is 0.481 e. The van der Waals surface area contributed by atoms with Gasteiger partial charge in [-0.2, -0.15) is 0 Å². The minimum absolute atomic E-state index is 0.0619. The molecule has 2 aromatic heterocycles. The van der Waals surface area contributed by atoms with Crippen molar-refractivity contribution in [1.82, 2.24) is 83.3 Å². The Morgan fingerprint density at radius 2 is 0.953 bits per heavy atom. The maximum atomic E-state index is 14.5. The second-order valence-corrected chi connectivity index (χ2v) is 25.7. The molecule has 3 heterocycles. The number of carbonyl (C=O) groups excluding carboxylic acids is 13. The average Bonchev–Trinajstić information content (AvgIpc) is 1.52. The van der Waals surface area contributed by atoms with Crippen LogP contribution in [-0.4, -0.2) is 243 Å². The summed E-state index contributed by atoms with van der Waals surface area (Å²) in [6.07, 6.45) is -2.49. The molecule has 106 heavy (non-hydrogen) atoms. The summed E-state index contributed by atoms with van der Waals surface area (Å²) in [5, 5.41) is 77.0. The van der Waals surface area contributed by atoms with Gasteiger partial charge in [0.15, 0.2) is 0 Å². The molecule has 1 aliphatic heterocycles. The molecule has 0 spiro atoms. The molecule has 0 unspecified atom stereocenters. The Balaban J connectivity index is 1.29. The van der Waals surface area contributed by atoms with Crippen LogP contribution < -0.4 is 70.0 Å². The number of carbonyl (C=O) groups is 16. The molecule has 1 fully saturated rings. The van der Waals surface area contributed by atoms with Crippen LogP contribution in [0.5, 0.6) is 0 Å². The van der Waals surface area contributed by atoms with Gasteiger partial charge in [-0.15, -0.1) is 0 Å². The molecule has 1 aliphatic rings. The van der Waals surface area contributed by atoms with Gasteiger partial charge in [-0.1, -0.05) is 74.5 Å². The number of hydrogen-bond donors (Lipinski definition) is 20. The first-order valence-electron chi connectivity index (χ1n) is 33.8. The van der Waals surface area contributed by atoms with E-state index in [1.807, 2.05) is 0 Å². The molecule has 2 aromatic carbocycles. The van der Waals surface area contributed by atoms with E-state index in [2.05, 4.69) is 78.4 Å². The standard InChI is InChI=1S/C67H92N18O21/c1-33(2)53(69)64(102)82-46(26-40-29-71-32-74-40)60(98)80-44(24-38-15-10-7-11-16-38)62(100)84-55(36(5)87)66(104)85-22-12-17-48(85)63(101)83-54(35(4)86)65(103)78-41(19-21-51(90)91)56(94)72-30-50(89)76-47(27-52(92)93)61(99)79-43(23-37-13-8-6-9-14-37)58(96)81-45(25-39-28-70-31-73-39)59(97)77-42(18-20-49(68)88)57(95)75-34(3)67(105)106/h6-11,13-16,28-29,31-36,41-48,53-55,86-87H,12,17-27,30,69H2,1-5H3,(H2,68,88)(H,70,73)(H,71,74)(H,72,94)(H,75,95)(H,76,89)(H,77,97)(H,78,103)(H,79,99)(H,80,98)(H,81,96)(H,82,102)(H,83,101)(H,84,100)(H,90,91)(H,92,93)(H,105,106)/t34-,35+,36+,41-,42-,43-,44-,45-,46-,47-,48-,53-,54-,55-/m0/s1. The van der Waals surface area contributed by atoms with E-state index in [4.69, 9.17) is 11.5 Å². The van der Waals surface area contributed by atoms with Crippen molar-refractivity contribution >= 4 is 94.7 Å². The maximum Gasteiger partial charge on any atom is 0.325 e. The van der Waals surface area contributed by atoms with Crippen molar-refractivity contribution in [1.29, 1.82) is 0 Å². The number of aliphatic hydroxyl groups is 2. The van der Waals surface area contributed by atoms with E-state index in [0.717, 1.165) is 18.7 Å². The normalized spacial score (nSPS) is 16.2. The van der Waals surface area contributed by atoms with E-state index >= 15 is 0 Å². The molecule has 5 rings (SSSR count). The minimum atomic E-state index is -2.03. The van der Waals surface area contributed by atoms with Gasteiger partial charge >= 0.3 is 17.9 Å². The van der Waals surface area contributed by atoms with Gasteiger partial charge < -0.3 is 110 Å². The van der Waals surface area contributed by atoms with Crippen molar-refractivity contribution in [2.75, 3.05) is 13.1 Å². The fraction of sp³-hybridized carbons (Fsp3) is 0.493. The molecule has 0 saturated carbocycles. The number of carboxylic acid groups (broad SMARTS) is 3. The van der Waals surface area contributed by atoms with Crippen LogP contribution in [0.2, 0.25) is 0 Å². The van der Waals surface area contributed by atoms with Gasteiger partial charge in [0.1, 0.15) is 66.5 Å². The monoisotopic (exact) mass is 1480 g/mol. The molecule has 14 atom stereocenters. The van der Waals surface area contributed by atoms with E-state index in [0.29, 0.717) is 16.8 Å². The number of amides is 13. The Labute approximate surface area is 606 Å². The first-order chi connectivity index (χ1) is 50.1. The number of aromatic amines is 2. The third-order valence-corrected chi connectivity index (χ3v) is 16.8.